The zero-order valence-electron chi connectivity index (χ0n) is 12.2. The van der Waals surface area contributed by atoms with Crippen molar-refractivity contribution in [3.8, 4) is 0 Å². The van der Waals surface area contributed by atoms with Crippen molar-refractivity contribution in [3.63, 3.8) is 0 Å². The molecule has 2 aliphatic rings. The van der Waals surface area contributed by atoms with Gasteiger partial charge in [0.2, 0.25) is 0 Å². The highest BCUT2D eigenvalue weighted by Gasteiger charge is 2.38. The molecule has 2 heteroatoms. The summed E-state index contributed by atoms with van der Waals surface area (Å²) in [5, 5.41) is 9.93. The summed E-state index contributed by atoms with van der Waals surface area (Å²) in [6.07, 6.45) is 11.1. The lowest BCUT2D eigenvalue weighted by Crippen LogP contribution is -2.41. The molecule has 0 radical (unpaired) electrons. The lowest BCUT2D eigenvalue weighted by molar-refractivity contribution is -0.119. The minimum Gasteiger partial charge on any atom is -0.393 e. The Morgan fingerprint density at radius 2 is 1.94 bits per heavy atom. The average Bonchev–Trinajstić information content (AvgIpc) is 2.37. The third-order valence-corrected chi connectivity index (χ3v) is 5.00. The Balaban J connectivity index is 1.79. The zero-order valence-corrected chi connectivity index (χ0v) is 12.2. The van der Waals surface area contributed by atoms with E-state index in [1.165, 1.54) is 51.4 Å². The third-order valence-electron chi connectivity index (χ3n) is 5.00. The second-order valence-corrected chi connectivity index (χ2v) is 6.84. The van der Waals surface area contributed by atoms with Crippen LogP contribution in [-0.2, 0) is 4.74 Å². The first kappa shape index (κ1) is 14.3. The van der Waals surface area contributed by atoms with E-state index in [-0.39, 0.29) is 11.7 Å². The SMILES string of the molecule is CC(C)C(O)CCC1CCOC2(CCCCC2)C1. The number of rotatable bonds is 4. The van der Waals surface area contributed by atoms with E-state index in [0.717, 1.165) is 18.9 Å². The summed E-state index contributed by atoms with van der Waals surface area (Å²) < 4.78 is 6.13. The number of aliphatic hydroxyl groups excluding tert-OH is 1. The summed E-state index contributed by atoms with van der Waals surface area (Å²) in [5.74, 6) is 1.18. The van der Waals surface area contributed by atoms with Gasteiger partial charge in [-0.3, -0.25) is 0 Å². The van der Waals surface area contributed by atoms with Crippen molar-refractivity contribution in [1.82, 2.24) is 0 Å². The highest BCUT2D eigenvalue weighted by Crippen LogP contribution is 2.42. The van der Waals surface area contributed by atoms with Crippen LogP contribution in [0.1, 0.15) is 71.6 Å². The molecule has 0 aromatic heterocycles. The third kappa shape index (κ3) is 3.71. The van der Waals surface area contributed by atoms with Crippen molar-refractivity contribution >= 4 is 0 Å². The molecule has 0 amide bonds. The van der Waals surface area contributed by atoms with E-state index in [9.17, 15) is 5.11 Å². The van der Waals surface area contributed by atoms with Crippen LogP contribution in [0.4, 0.5) is 0 Å². The quantitative estimate of drug-likeness (QED) is 0.824. The molecule has 106 valence electrons. The topological polar surface area (TPSA) is 29.5 Å². The van der Waals surface area contributed by atoms with Gasteiger partial charge in [-0.2, -0.15) is 0 Å². The molecular weight excluding hydrogens is 224 g/mol. The van der Waals surface area contributed by atoms with Crippen LogP contribution in [0.15, 0.2) is 0 Å². The number of aliphatic hydroxyl groups is 1. The van der Waals surface area contributed by atoms with Crippen molar-refractivity contribution in [3.05, 3.63) is 0 Å². The predicted octanol–water partition coefficient (Wildman–Crippen LogP) is 3.91. The Bertz CT molecular complexity index is 238. The maximum absolute atomic E-state index is 9.93. The van der Waals surface area contributed by atoms with Gasteiger partial charge in [0.1, 0.15) is 0 Å². The molecule has 1 heterocycles. The minimum absolute atomic E-state index is 0.116. The zero-order chi connectivity index (χ0) is 13.0. The van der Waals surface area contributed by atoms with Crippen LogP contribution in [0.5, 0.6) is 0 Å². The van der Waals surface area contributed by atoms with Gasteiger partial charge in [0.25, 0.3) is 0 Å². The molecule has 1 saturated heterocycles. The molecule has 1 N–H and O–H groups in total. The van der Waals surface area contributed by atoms with E-state index in [1.54, 1.807) is 0 Å². The summed E-state index contributed by atoms with van der Waals surface area (Å²) in [4.78, 5) is 0. The standard InChI is InChI=1S/C16H30O2/c1-13(2)15(17)7-6-14-8-11-18-16(12-14)9-4-3-5-10-16/h13-15,17H,3-12H2,1-2H3. The summed E-state index contributed by atoms with van der Waals surface area (Å²) >= 11 is 0. The van der Waals surface area contributed by atoms with Gasteiger partial charge in [-0.15, -0.1) is 0 Å². The second kappa shape index (κ2) is 6.38. The molecule has 0 aromatic rings. The van der Waals surface area contributed by atoms with Crippen LogP contribution in [0.2, 0.25) is 0 Å². The van der Waals surface area contributed by atoms with Crippen LogP contribution in [0.25, 0.3) is 0 Å². The molecule has 2 unspecified atom stereocenters. The summed E-state index contributed by atoms with van der Waals surface area (Å²) in [6, 6.07) is 0. The Hall–Kier alpha value is -0.0800. The summed E-state index contributed by atoms with van der Waals surface area (Å²) in [5.41, 5.74) is 0.226. The molecule has 1 spiro atoms. The highest BCUT2D eigenvalue weighted by atomic mass is 16.5. The van der Waals surface area contributed by atoms with Gasteiger partial charge in [0, 0.05) is 6.61 Å². The van der Waals surface area contributed by atoms with Gasteiger partial charge >= 0.3 is 0 Å². The van der Waals surface area contributed by atoms with Crippen molar-refractivity contribution < 1.29 is 9.84 Å². The molecule has 1 saturated carbocycles. The molecule has 0 bridgehead atoms. The van der Waals surface area contributed by atoms with Crippen LogP contribution in [0, 0.1) is 11.8 Å². The molecular formula is C16H30O2. The van der Waals surface area contributed by atoms with Gasteiger partial charge in [0.15, 0.2) is 0 Å². The van der Waals surface area contributed by atoms with Crippen LogP contribution >= 0.6 is 0 Å². The predicted molar refractivity (Wildman–Crippen MR) is 74.6 cm³/mol. The van der Waals surface area contributed by atoms with Crippen LogP contribution < -0.4 is 0 Å². The summed E-state index contributed by atoms with van der Waals surface area (Å²) in [6.45, 7) is 5.16. The molecule has 1 aliphatic heterocycles. The van der Waals surface area contributed by atoms with Crippen LogP contribution in [-0.4, -0.2) is 23.4 Å². The molecule has 0 aromatic carbocycles. The van der Waals surface area contributed by atoms with E-state index in [2.05, 4.69) is 13.8 Å². The van der Waals surface area contributed by atoms with E-state index >= 15 is 0 Å². The monoisotopic (exact) mass is 254 g/mol. The minimum atomic E-state index is -0.116. The van der Waals surface area contributed by atoms with E-state index < -0.39 is 0 Å². The normalized spacial score (nSPS) is 29.7. The average molecular weight is 254 g/mol. The Morgan fingerprint density at radius 3 is 2.61 bits per heavy atom. The van der Waals surface area contributed by atoms with E-state index in [0.29, 0.717) is 5.92 Å². The molecule has 2 rings (SSSR count). The van der Waals surface area contributed by atoms with E-state index in [4.69, 9.17) is 4.74 Å². The number of hydrogen-bond donors (Lipinski definition) is 1. The van der Waals surface area contributed by atoms with Crippen molar-refractivity contribution in [2.45, 2.75) is 83.3 Å². The smallest absolute Gasteiger partial charge is 0.0685 e. The van der Waals surface area contributed by atoms with Crippen LogP contribution in [0.3, 0.4) is 0 Å². The fraction of sp³-hybridized carbons (Fsp3) is 1.00. The first-order valence-electron chi connectivity index (χ1n) is 7.93. The maximum Gasteiger partial charge on any atom is 0.0685 e. The first-order valence-corrected chi connectivity index (χ1v) is 7.93. The lowest BCUT2D eigenvalue weighted by Gasteiger charge is -2.43. The molecule has 2 atom stereocenters. The van der Waals surface area contributed by atoms with Gasteiger partial charge < -0.3 is 9.84 Å². The molecule has 1 aliphatic carbocycles. The molecule has 2 nitrogen and oxygen atoms in total. The summed E-state index contributed by atoms with van der Waals surface area (Å²) in [7, 11) is 0. The largest absolute Gasteiger partial charge is 0.393 e. The fourth-order valence-electron chi connectivity index (χ4n) is 3.66. The molecule has 18 heavy (non-hydrogen) atoms. The van der Waals surface area contributed by atoms with Gasteiger partial charge in [-0.05, 0) is 50.4 Å². The highest BCUT2D eigenvalue weighted by molar-refractivity contribution is 4.89. The van der Waals surface area contributed by atoms with Gasteiger partial charge in [-0.25, -0.2) is 0 Å². The molecule has 2 fully saturated rings. The number of ether oxygens (including phenoxy) is 1. The van der Waals surface area contributed by atoms with E-state index in [1.807, 2.05) is 0 Å². The Morgan fingerprint density at radius 1 is 1.22 bits per heavy atom. The maximum atomic E-state index is 9.93. The van der Waals surface area contributed by atoms with Gasteiger partial charge in [0.05, 0.1) is 11.7 Å². The van der Waals surface area contributed by atoms with Crippen molar-refractivity contribution in [2.24, 2.45) is 11.8 Å². The Kier molecular flexibility index (Phi) is 5.08. The fourth-order valence-corrected chi connectivity index (χ4v) is 3.66. The Labute approximate surface area is 112 Å². The lowest BCUT2D eigenvalue weighted by atomic mass is 9.74. The van der Waals surface area contributed by atoms with Crippen molar-refractivity contribution in [1.29, 1.82) is 0 Å². The van der Waals surface area contributed by atoms with Crippen molar-refractivity contribution in [2.75, 3.05) is 6.61 Å². The first-order chi connectivity index (χ1) is 8.61. The van der Waals surface area contributed by atoms with Gasteiger partial charge in [-0.1, -0.05) is 33.1 Å². The number of hydrogen-bond acceptors (Lipinski definition) is 2. The second-order valence-electron chi connectivity index (χ2n) is 6.84.